The van der Waals surface area contributed by atoms with Crippen LogP contribution in [0.4, 0.5) is 0 Å². The lowest BCUT2D eigenvalue weighted by Gasteiger charge is -2.16. The highest BCUT2D eigenvalue weighted by atomic mass is 32.1. The molecule has 1 aliphatic rings. The highest BCUT2D eigenvalue weighted by molar-refractivity contribution is 7.17. The average molecular weight is 469 g/mol. The molecule has 1 aliphatic heterocycles. The minimum Gasteiger partial charge on any atom is -0.489 e. The molecule has 1 atom stereocenters. The van der Waals surface area contributed by atoms with Crippen LogP contribution in [0.25, 0.3) is 21.2 Å². The standard InChI is InChI=1S/C28H28N4OS/c1-3-6-22(16-28-29-31-32-30-28)21-10-12-23(13-11-21)33-17-20-9-14-27-25(15-20)26(18-34-27)24-8-5-4-7-19(24)2/h4-5,7-15,18,22,28-32H,16-17H2,1-2H3/t22-/m1/s1. The Balaban J connectivity index is 1.29. The quantitative estimate of drug-likeness (QED) is 0.274. The van der Waals surface area contributed by atoms with E-state index in [0.717, 1.165) is 17.7 Å². The molecule has 0 spiro atoms. The second-order valence-electron chi connectivity index (χ2n) is 8.43. The zero-order chi connectivity index (χ0) is 23.3. The van der Waals surface area contributed by atoms with Gasteiger partial charge in [0, 0.05) is 21.6 Å². The van der Waals surface area contributed by atoms with E-state index in [1.165, 1.54) is 32.3 Å². The van der Waals surface area contributed by atoms with Crippen molar-refractivity contribution < 1.29 is 4.74 Å². The molecule has 0 saturated carbocycles. The first-order valence-electron chi connectivity index (χ1n) is 11.4. The summed E-state index contributed by atoms with van der Waals surface area (Å²) in [6, 6.07) is 23.5. The zero-order valence-electron chi connectivity index (χ0n) is 19.3. The Labute approximate surface area is 204 Å². The van der Waals surface area contributed by atoms with Crippen LogP contribution in [0.5, 0.6) is 5.75 Å². The highest BCUT2D eigenvalue weighted by Gasteiger charge is 2.19. The smallest absolute Gasteiger partial charge is 0.119 e. The molecule has 2 heterocycles. The maximum atomic E-state index is 6.14. The van der Waals surface area contributed by atoms with E-state index in [0.29, 0.717) is 6.61 Å². The average Bonchev–Trinajstić information content (AvgIpc) is 3.53. The van der Waals surface area contributed by atoms with Crippen molar-refractivity contribution >= 4 is 21.4 Å². The van der Waals surface area contributed by atoms with E-state index in [4.69, 9.17) is 4.74 Å². The molecule has 1 saturated heterocycles. The molecule has 172 valence electrons. The topological polar surface area (TPSA) is 57.3 Å². The SMILES string of the molecule is CC#C[C@H](CC1NNNN1)c1ccc(OCc2ccc3scc(-c4ccccc4C)c3c2)cc1. The van der Waals surface area contributed by atoms with Gasteiger partial charge in [-0.05, 0) is 72.2 Å². The molecule has 4 N–H and O–H groups in total. The Morgan fingerprint density at radius 2 is 1.76 bits per heavy atom. The molecule has 3 aromatic carbocycles. The van der Waals surface area contributed by atoms with Gasteiger partial charge in [-0.1, -0.05) is 48.4 Å². The second-order valence-corrected chi connectivity index (χ2v) is 9.34. The Morgan fingerprint density at radius 3 is 2.53 bits per heavy atom. The van der Waals surface area contributed by atoms with Crippen LogP contribution in [0.3, 0.4) is 0 Å². The fourth-order valence-corrected chi connectivity index (χ4v) is 5.24. The first-order chi connectivity index (χ1) is 16.7. The predicted octanol–water partition coefficient (Wildman–Crippen LogP) is 5.40. The lowest BCUT2D eigenvalue weighted by molar-refractivity contribution is 0.306. The summed E-state index contributed by atoms with van der Waals surface area (Å²) in [6.07, 6.45) is 0.948. The summed E-state index contributed by atoms with van der Waals surface area (Å²) in [4.78, 5) is 0. The fraction of sp³-hybridized carbons (Fsp3) is 0.214. The van der Waals surface area contributed by atoms with Gasteiger partial charge in [0.25, 0.3) is 0 Å². The number of hydrogen-bond acceptors (Lipinski definition) is 6. The van der Waals surface area contributed by atoms with E-state index in [1.807, 2.05) is 19.1 Å². The third kappa shape index (κ3) is 5.00. The van der Waals surface area contributed by atoms with Crippen molar-refractivity contribution in [3.63, 3.8) is 0 Å². The van der Waals surface area contributed by atoms with Crippen molar-refractivity contribution in [2.24, 2.45) is 0 Å². The molecular weight excluding hydrogens is 440 g/mol. The summed E-state index contributed by atoms with van der Waals surface area (Å²) in [5.41, 5.74) is 18.2. The Kier molecular flexibility index (Phi) is 6.91. The summed E-state index contributed by atoms with van der Waals surface area (Å²) < 4.78 is 7.43. The van der Waals surface area contributed by atoms with E-state index in [2.05, 4.69) is 101 Å². The number of rotatable bonds is 7. The molecule has 1 aromatic heterocycles. The first kappa shape index (κ1) is 22.6. The number of hydrazine groups is 3. The lowest BCUT2D eigenvalue weighted by atomic mass is 9.95. The molecule has 5 rings (SSSR count). The maximum Gasteiger partial charge on any atom is 0.119 e. The molecule has 5 nitrogen and oxygen atoms in total. The summed E-state index contributed by atoms with van der Waals surface area (Å²) in [7, 11) is 0. The fourth-order valence-electron chi connectivity index (χ4n) is 4.30. The van der Waals surface area contributed by atoms with E-state index >= 15 is 0 Å². The number of hydrogen-bond donors (Lipinski definition) is 4. The van der Waals surface area contributed by atoms with Crippen LogP contribution in [0, 0.1) is 18.8 Å². The van der Waals surface area contributed by atoms with Gasteiger partial charge in [-0.3, -0.25) is 0 Å². The second kappa shape index (κ2) is 10.4. The Morgan fingerprint density at radius 1 is 0.971 bits per heavy atom. The lowest BCUT2D eigenvalue weighted by Crippen LogP contribution is -2.35. The molecule has 6 heteroatoms. The minimum atomic E-state index is 0.110. The third-order valence-electron chi connectivity index (χ3n) is 6.11. The van der Waals surface area contributed by atoms with Crippen LogP contribution in [0.2, 0.25) is 0 Å². The number of thiophene rings is 1. The molecule has 4 aromatic rings. The number of fused-ring (bicyclic) bond motifs is 1. The van der Waals surface area contributed by atoms with Crippen molar-refractivity contribution in [2.45, 2.75) is 39.0 Å². The van der Waals surface area contributed by atoms with E-state index in [9.17, 15) is 0 Å². The molecule has 0 aliphatic carbocycles. The Bertz CT molecular complexity index is 1330. The largest absolute Gasteiger partial charge is 0.489 e. The minimum absolute atomic E-state index is 0.110. The number of aryl methyl sites for hydroxylation is 1. The van der Waals surface area contributed by atoms with Crippen molar-refractivity contribution in [1.29, 1.82) is 0 Å². The first-order valence-corrected chi connectivity index (χ1v) is 12.3. The van der Waals surface area contributed by atoms with Crippen LogP contribution in [0.1, 0.15) is 36.0 Å². The van der Waals surface area contributed by atoms with Crippen molar-refractivity contribution in [2.75, 3.05) is 0 Å². The van der Waals surface area contributed by atoms with Gasteiger partial charge < -0.3 is 4.74 Å². The normalized spacial score (nSPS) is 14.6. The number of nitrogens with one attached hydrogen (secondary N) is 4. The summed E-state index contributed by atoms with van der Waals surface area (Å²) in [6.45, 7) is 4.58. The van der Waals surface area contributed by atoms with Gasteiger partial charge in [0.1, 0.15) is 12.4 Å². The van der Waals surface area contributed by atoms with Gasteiger partial charge in [0.05, 0.1) is 6.17 Å². The van der Waals surface area contributed by atoms with Gasteiger partial charge in [0.2, 0.25) is 0 Å². The van der Waals surface area contributed by atoms with Crippen LogP contribution in [-0.4, -0.2) is 6.17 Å². The predicted molar refractivity (Wildman–Crippen MR) is 140 cm³/mol. The molecular formula is C28H28N4OS. The zero-order valence-corrected chi connectivity index (χ0v) is 20.1. The van der Waals surface area contributed by atoms with Crippen molar-refractivity contribution in [3.8, 4) is 28.7 Å². The number of ether oxygens (including phenoxy) is 1. The number of benzene rings is 3. The molecule has 0 unspecified atom stereocenters. The van der Waals surface area contributed by atoms with Gasteiger partial charge >= 0.3 is 0 Å². The van der Waals surface area contributed by atoms with Crippen molar-refractivity contribution in [3.05, 3.63) is 88.8 Å². The van der Waals surface area contributed by atoms with Crippen molar-refractivity contribution in [1.82, 2.24) is 21.9 Å². The Hall–Kier alpha value is -3.18. The van der Waals surface area contributed by atoms with Crippen LogP contribution >= 0.6 is 11.3 Å². The van der Waals surface area contributed by atoms with Crippen LogP contribution in [0.15, 0.2) is 72.1 Å². The van der Waals surface area contributed by atoms with E-state index in [-0.39, 0.29) is 12.1 Å². The molecule has 0 radical (unpaired) electrons. The molecule has 34 heavy (non-hydrogen) atoms. The van der Waals surface area contributed by atoms with Crippen LogP contribution < -0.4 is 26.7 Å². The maximum absolute atomic E-state index is 6.14. The van der Waals surface area contributed by atoms with Gasteiger partial charge in [0.15, 0.2) is 0 Å². The van der Waals surface area contributed by atoms with Gasteiger partial charge in [-0.2, -0.15) is 11.1 Å². The summed E-state index contributed by atoms with van der Waals surface area (Å²) in [5.74, 6) is 7.36. The highest BCUT2D eigenvalue weighted by Crippen LogP contribution is 2.36. The van der Waals surface area contributed by atoms with Crippen LogP contribution in [-0.2, 0) is 6.61 Å². The van der Waals surface area contributed by atoms with Gasteiger partial charge in [-0.15, -0.1) is 17.3 Å². The summed E-state index contributed by atoms with van der Waals surface area (Å²) in [5, 5.41) is 3.55. The van der Waals surface area contributed by atoms with Gasteiger partial charge in [-0.25, -0.2) is 10.9 Å². The third-order valence-corrected chi connectivity index (χ3v) is 7.07. The summed E-state index contributed by atoms with van der Waals surface area (Å²) >= 11 is 1.79. The van der Waals surface area contributed by atoms with E-state index in [1.54, 1.807) is 11.3 Å². The molecule has 1 fully saturated rings. The monoisotopic (exact) mass is 468 g/mol. The molecule has 0 amide bonds. The molecule has 0 bridgehead atoms. The van der Waals surface area contributed by atoms with E-state index < -0.39 is 0 Å².